The van der Waals surface area contributed by atoms with E-state index in [-0.39, 0.29) is 49.4 Å². The van der Waals surface area contributed by atoms with Crippen LogP contribution in [0.3, 0.4) is 0 Å². The van der Waals surface area contributed by atoms with Gasteiger partial charge in [0.15, 0.2) is 5.17 Å². The summed E-state index contributed by atoms with van der Waals surface area (Å²) >= 11 is 1.12. The van der Waals surface area contributed by atoms with E-state index in [0.717, 1.165) is 22.9 Å². The highest BCUT2D eigenvalue weighted by molar-refractivity contribution is 8.14. The lowest BCUT2D eigenvalue weighted by molar-refractivity contribution is -0.139. The smallest absolute Gasteiger partial charge is 0.316 e. The predicted octanol–water partition coefficient (Wildman–Crippen LogP) is 3.18. The average Bonchev–Trinajstić information content (AvgIpc) is 3.17. The Hall–Kier alpha value is -3.53. The fourth-order valence-electron chi connectivity index (χ4n) is 3.57. The van der Waals surface area contributed by atoms with Crippen molar-refractivity contribution in [3.05, 3.63) is 65.5 Å². The maximum atomic E-state index is 13.2. The zero-order valence-electron chi connectivity index (χ0n) is 18.5. The molecule has 2 aliphatic rings. The summed E-state index contributed by atoms with van der Waals surface area (Å²) in [4.78, 5) is 47.9. The van der Waals surface area contributed by atoms with Gasteiger partial charge >= 0.3 is 5.97 Å². The molecule has 0 aromatic heterocycles. The van der Waals surface area contributed by atoms with E-state index >= 15 is 0 Å². The largest absolute Gasteiger partial charge is 0.465 e. The number of carbonyl (C=O) groups excluding carboxylic acids is 3. The van der Waals surface area contributed by atoms with E-state index in [9.17, 15) is 18.8 Å². The molecule has 0 fully saturated rings. The van der Waals surface area contributed by atoms with E-state index in [2.05, 4.69) is 15.3 Å². The number of hydrogen-bond acceptors (Lipinski definition) is 7. The third-order valence-electron chi connectivity index (χ3n) is 5.22. The molecule has 1 unspecified atom stereocenters. The highest BCUT2D eigenvalue weighted by Crippen LogP contribution is 2.34. The van der Waals surface area contributed by atoms with Crippen LogP contribution >= 0.6 is 11.8 Å². The number of amides is 2. The quantitative estimate of drug-likeness (QED) is 0.583. The van der Waals surface area contributed by atoms with E-state index in [1.54, 1.807) is 19.1 Å². The van der Waals surface area contributed by atoms with Crippen molar-refractivity contribution in [3.63, 3.8) is 0 Å². The first kappa shape index (κ1) is 23.6. The Balaban J connectivity index is 1.42. The van der Waals surface area contributed by atoms with Gasteiger partial charge in [0.05, 0.1) is 18.0 Å². The third kappa shape index (κ3) is 5.33. The molecule has 0 saturated heterocycles. The molecule has 2 aromatic carbocycles. The van der Waals surface area contributed by atoms with Gasteiger partial charge in [-0.3, -0.25) is 19.4 Å². The first-order valence-electron chi connectivity index (χ1n) is 10.9. The topological polar surface area (TPSA) is 100 Å². The number of thioether (sulfide) groups is 1. The number of aliphatic imine (C=N–C) groups is 2. The van der Waals surface area contributed by atoms with Crippen LogP contribution in [0.2, 0.25) is 0 Å². The van der Waals surface area contributed by atoms with Crippen LogP contribution in [0.15, 0.2) is 58.5 Å². The molecule has 34 heavy (non-hydrogen) atoms. The highest BCUT2D eigenvalue weighted by Gasteiger charge is 2.41. The van der Waals surface area contributed by atoms with Crippen molar-refractivity contribution >= 4 is 46.2 Å². The van der Waals surface area contributed by atoms with Gasteiger partial charge in [-0.2, -0.15) is 0 Å². The molecule has 4 rings (SSSR count). The van der Waals surface area contributed by atoms with Crippen LogP contribution in [-0.2, 0) is 25.7 Å². The number of nitrogens with zero attached hydrogens (tertiary/aromatic N) is 3. The summed E-state index contributed by atoms with van der Waals surface area (Å²) in [6.45, 7) is 2.27. The van der Waals surface area contributed by atoms with Crippen LogP contribution in [0.5, 0.6) is 0 Å². The van der Waals surface area contributed by atoms with Crippen LogP contribution in [0.4, 0.5) is 10.1 Å². The number of fused-ring (bicyclic) bond motifs is 3. The summed E-state index contributed by atoms with van der Waals surface area (Å²) in [5.74, 6) is -0.760. The molecule has 0 bridgehead atoms. The van der Waals surface area contributed by atoms with Crippen LogP contribution < -0.4 is 5.32 Å². The molecule has 2 aliphatic heterocycles. The number of esters is 1. The van der Waals surface area contributed by atoms with Crippen LogP contribution in [0.25, 0.3) is 0 Å². The van der Waals surface area contributed by atoms with Crippen LogP contribution in [-0.4, -0.2) is 52.1 Å². The standard InChI is InChI=1S/C24H23FN4O4S/c1-2-33-21(31)14-34-24-28-18-6-4-3-5-17(18)22-27-19(23(32)29(22)24)11-12-20(30)26-13-15-7-9-16(25)10-8-15/h3-10,19H,2,11-14H2,1H3,(H,26,30). The second-order valence-electron chi connectivity index (χ2n) is 7.59. The Morgan fingerprint density at radius 2 is 1.94 bits per heavy atom. The Kier molecular flexibility index (Phi) is 7.36. The molecule has 0 spiro atoms. The molecule has 10 heteroatoms. The van der Waals surface area contributed by atoms with Gasteiger partial charge < -0.3 is 10.1 Å². The third-order valence-corrected chi connectivity index (χ3v) is 6.13. The summed E-state index contributed by atoms with van der Waals surface area (Å²) < 4.78 is 18.0. The first-order chi connectivity index (χ1) is 16.5. The van der Waals surface area contributed by atoms with E-state index in [1.807, 2.05) is 24.3 Å². The number of para-hydroxylation sites is 1. The number of nitrogens with one attached hydrogen (secondary N) is 1. The van der Waals surface area contributed by atoms with Crippen LogP contribution in [0.1, 0.15) is 30.9 Å². The molecule has 8 nitrogen and oxygen atoms in total. The second kappa shape index (κ2) is 10.6. The summed E-state index contributed by atoms with van der Waals surface area (Å²) in [7, 11) is 0. The molecule has 176 valence electrons. The van der Waals surface area contributed by atoms with Crippen molar-refractivity contribution in [1.29, 1.82) is 0 Å². The molecular weight excluding hydrogens is 459 g/mol. The Morgan fingerprint density at radius 1 is 1.18 bits per heavy atom. The number of halogens is 1. The van der Waals surface area contributed by atoms with E-state index in [4.69, 9.17) is 4.74 Å². The minimum absolute atomic E-state index is 0.0162. The zero-order valence-corrected chi connectivity index (χ0v) is 19.3. The summed E-state index contributed by atoms with van der Waals surface area (Å²) in [6.07, 6.45) is 0.332. The molecule has 1 N–H and O–H groups in total. The van der Waals surface area contributed by atoms with Crippen molar-refractivity contribution in [2.45, 2.75) is 32.4 Å². The van der Waals surface area contributed by atoms with Crippen molar-refractivity contribution in [2.24, 2.45) is 9.98 Å². The Labute approximate surface area is 200 Å². The highest BCUT2D eigenvalue weighted by atomic mass is 32.2. The van der Waals surface area contributed by atoms with Crippen LogP contribution in [0, 0.1) is 5.82 Å². The minimum atomic E-state index is -0.730. The van der Waals surface area contributed by atoms with Crippen molar-refractivity contribution < 1.29 is 23.5 Å². The van der Waals surface area contributed by atoms with Gasteiger partial charge in [0.2, 0.25) is 5.91 Å². The van der Waals surface area contributed by atoms with Gasteiger partial charge in [0.1, 0.15) is 17.7 Å². The molecule has 0 aliphatic carbocycles. The number of carbonyl (C=O) groups is 3. The van der Waals surface area contributed by atoms with Gasteiger partial charge in [-0.25, -0.2) is 14.3 Å². The molecule has 2 amide bonds. The molecule has 0 radical (unpaired) electrons. The maximum Gasteiger partial charge on any atom is 0.316 e. The summed E-state index contributed by atoms with van der Waals surface area (Å²) in [6, 6.07) is 12.5. The monoisotopic (exact) mass is 482 g/mol. The zero-order chi connectivity index (χ0) is 24.1. The normalized spacial score (nSPS) is 16.4. The lowest BCUT2D eigenvalue weighted by Crippen LogP contribution is -2.41. The summed E-state index contributed by atoms with van der Waals surface area (Å²) in [5, 5.41) is 3.14. The predicted molar refractivity (Wildman–Crippen MR) is 127 cm³/mol. The lowest BCUT2D eigenvalue weighted by Gasteiger charge is -2.25. The van der Waals surface area contributed by atoms with Crippen molar-refractivity contribution in [3.8, 4) is 0 Å². The van der Waals surface area contributed by atoms with E-state index in [1.165, 1.54) is 17.0 Å². The fraction of sp³-hybridized carbons (Fsp3) is 0.292. The van der Waals surface area contributed by atoms with Crippen molar-refractivity contribution in [2.75, 3.05) is 12.4 Å². The number of rotatable bonds is 8. The number of amidine groups is 2. The molecule has 2 aromatic rings. The van der Waals surface area contributed by atoms with Gasteiger partial charge in [-0.1, -0.05) is 36.0 Å². The molecule has 0 saturated carbocycles. The second-order valence-corrected chi connectivity index (χ2v) is 8.53. The molecular formula is C24H23FN4O4S. The maximum absolute atomic E-state index is 13.2. The molecule has 1 atom stereocenters. The number of benzene rings is 2. The SMILES string of the molecule is CCOC(=O)CSC1=Nc2ccccc2C2=NC(CCC(=O)NCc3ccc(F)cc3)C(=O)N12. The lowest BCUT2D eigenvalue weighted by atomic mass is 10.1. The molecule has 2 heterocycles. The van der Waals surface area contributed by atoms with Crippen molar-refractivity contribution in [1.82, 2.24) is 10.2 Å². The number of hydrogen-bond donors (Lipinski definition) is 1. The van der Waals surface area contributed by atoms with E-state index in [0.29, 0.717) is 16.7 Å². The minimum Gasteiger partial charge on any atom is -0.465 e. The van der Waals surface area contributed by atoms with Gasteiger partial charge in [-0.05, 0) is 43.2 Å². The van der Waals surface area contributed by atoms with Gasteiger partial charge in [0.25, 0.3) is 5.91 Å². The Morgan fingerprint density at radius 3 is 2.71 bits per heavy atom. The first-order valence-corrected chi connectivity index (χ1v) is 11.8. The van der Waals surface area contributed by atoms with E-state index < -0.39 is 12.0 Å². The number of ether oxygens (including phenoxy) is 1. The van der Waals surface area contributed by atoms with Gasteiger partial charge in [-0.15, -0.1) is 0 Å². The summed E-state index contributed by atoms with van der Waals surface area (Å²) in [5.41, 5.74) is 2.16. The van der Waals surface area contributed by atoms with Gasteiger partial charge in [0, 0.05) is 18.5 Å². The fourth-order valence-corrected chi connectivity index (χ4v) is 4.37. The average molecular weight is 483 g/mol. The Bertz CT molecular complexity index is 1170.